The molecule has 4 aliphatic rings. The maximum Gasteiger partial charge on any atom is 0.338 e. The van der Waals surface area contributed by atoms with Crippen LogP contribution in [0.1, 0.15) is 86.7 Å². The fourth-order valence-electron chi connectivity index (χ4n) is 10.2. The van der Waals surface area contributed by atoms with Crippen LogP contribution in [0.2, 0.25) is 5.02 Å². The Balaban J connectivity index is 1.39. The van der Waals surface area contributed by atoms with E-state index in [9.17, 15) is 39.3 Å². The molecule has 4 N–H and O–H groups in total. The predicted molar refractivity (Wildman–Crippen MR) is 223 cm³/mol. The largest absolute Gasteiger partial charge is 0.456 e. The molecule has 3 aromatic carbocycles. The van der Waals surface area contributed by atoms with Gasteiger partial charge in [-0.3, -0.25) is 19.2 Å². The Morgan fingerprint density at radius 2 is 1.51 bits per heavy atom. The van der Waals surface area contributed by atoms with Crippen LogP contribution in [0.15, 0.2) is 96.1 Å². The lowest BCUT2D eigenvalue weighted by Gasteiger charge is -2.67. The average Bonchev–Trinajstić information content (AvgIpc) is 3.23. The molecule has 3 aliphatic carbocycles. The molecule has 2 bridgehead atoms. The number of rotatable bonds is 10. The molecule has 0 aromatic heterocycles. The van der Waals surface area contributed by atoms with Gasteiger partial charge in [0.1, 0.15) is 23.9 Å². The topological polar surface area (TPSA) is 221 Å². The third-order valence-corrected chi connectivity index (χ3v) is 13.8. The number of amides is 1. The average molecular weight is 888 g/mol. The number of hydrogen-bond donors (Lipinski definition) is 4. The Bertz CT molecular complexity index is 2350. The van der Waals surface area contributed by atoms with E-state index in [1.165, 1.54) is 32.0 Å². The van der Waals surface area contributed by atoms with Crippen LogP contribution in [0.4, 0.5) is 0 Å². The van der Waals surface area contributed by atoms with E-state index in [2.05, 4.69) is 5.32 Å². The Hall–Kier alpha value is -5.45. The summed E-state index contributed by atoms with van der Waals surface area (Å²) in [5, 5.41) is 40.5. The van der Waals surface area contributed by atoms with Crippen LogP contribution >= 0.6 is 11.6 Å². The molecular formula is C47H50ClNO14. The molecule has 1 aliphatic heterocycles. The van der Waals surface area contributed by atoms with Crippen molar-refractivity contribution in [3.05, 3.63) is 118 Å². The summed E-state index contributed by atoms with van der Waals surface area (Å²) >= 11 is 6.31. The number of nitrogens with one attached hydrogen (secondary N) is 1. The van der Waals surface area contributed by atoms with Crippen LogP contribution < -0.4 is 5.32 Å². The maximum absolute atomic E-state index is 15.5. The summed E-state index contributed by atoms with van der Waals surface area (Å²) < 4.78 is 30.3. The molecule has 2 saturated carbocycles. The van der Waals surface area contributed by atoms with Crippen molar-refractivity contribution >= 4 is 47.2 Å². The lowest BCUT2D eigenvalue weighted by Crippen LogP contribution is -2.82. The van der Waals surface area contributed by atoms with Crippen molar-refractivity contribution < 1.29 is 67.8 Å². The summed E-state index contributed by atoms with van der Waals surface area (Å²) in [5.74, 6) is -6.98. The minimum Gasteiger partial charge on any atom is -0.456 e. The van der Waals surface area contributed by atoms with Crippen molar-refractivity contribution in [3.8, 4) is 0 Å². The summed E-state index contributed by atoms with van der Waals surface area (Å²) in [6.07, 6.45) is -10.7. The molecule has 334 valence electrons. The number of aliphatic hydroxyl groups is 3. The molecule has 15 nitrogen and oxygen atoms in total. The molecule has 3 aromatic rings. The molecule has 16 heteroatoms. The summed E-state index contributed by atoms with van der Waals surface area (Å²) in [7, 11) is 0. The molecule has 1 saturated heterocycles. The molecule has 1 amide bonds. The number of carbonyl (C=O) groups is 6. The second-order valence-electron chi connectivity index (χ2n) is 17.5. The minimum absolute atomic E-state index is 0.0198. The molecule has 63 heavy (non-hydrogen) atoms. The summed E-state index contributed by atoms with van der Waals surface area (Å²) in [5.41, 5.74) is -7.28. The van der Waals surface area contributed by atoms with E-state index in [0.717, 1.165) is 13.8 Å². The van der Waals surface area contributed by atoms with E-state index in [4.69, 9.17) is 35.3 Å². The zero-order valence-corrected chi connectivity index (χ0v) is 36.3. The molecule has 0 radical (unpaired) electrons. The van der Waals surface area contributed by atoms with Crippen molar-refractivity contribution in [2.45, 2.75) is 108 Å². The van der Waals surface area contributed by atoms with Gasteiger partial charge in [-0.05, 0) is 67.0 Å². The van der Waals surface area contributed by atoms with Gasteiger partial charge in [0.05, 0.1) is 35.6 Å². The highest BCUT2D eigenvalue weighted by Gasteiger charge is 2.78. The molecular weight excluding hydrogens is 838 g/mol. The lowest BCUT2D eigenvalue weighted by atomic mass is 9.44. The van der Waals surface area contributed by atoms with E-state index in [1.807, 2.05) is 0 Å². The van der Waals surface area contributed by atoms with Gasteiger partial charge in [-0.1, -0.05) is 74.0 Å². The number of Topliss-reactive ketones (excluding diaryl/α,β-unsaturated/α-hetero) is 1. The van der Waals surface area contributed by atoms with Crippen molar-refractivity contribution in [1.82, 2.24) is 5.32 Å². The first-order chi connectivity index (χ1) is 29.7. The molecule has 11 atom stereocenters. The Morgan fingerprint density at radius 1 is 0.873 bits per heavy atom. The zero-order valence-electron chi connectivity index (χ0n) is 35.5. The standard InChI is InChI=1S/C47H50ClNO14/c1-24-31(61-43(57)36(53)35(29-18-13-19-30(48)20-29)49-41(55)27-14-9-7-10-15-27)22-47(58)40(62-42(56)28-16-11-8-12-17-28)38-45(6,32(52)21-33-46(38,23-59-33)63-26(3)51)39(54)37(60-25(2)50)34(24)44(47,4)5/h7-20,31-33,35-38,40,52-53,58H,21-23H2,1-6H3,(H,49,55)/t31?,32-,33+,35?,36?,37+,38?,40?,45+,46-,47+/m0/s1. The van der Waals surface area contributed by atoms with Gasteiger partial charge in [-0.15, -0.1) is 0 Å². The second kappa shape index (κ2) is 16.9. The summed E-state index contributed by atoms with van der Waals surface area (Å²) in [4.78, 5) is 83.6. The highest BCUT2D eigenvalue weighted by atomic mass is 35.5. The minimum atomic E-state index is -2.41. The smallest absolute Gasteiger partial charge is 0.338 e. The van der Waals surface area contributed by atoms with Crippen LogP contribution in [0, 0.1) is 16.7 Å². The molecule has 3 fully saturated rings. The van der Waals surface area contributed by atoms with Crippen molar-refractivity contribution in [2.24, 2.45) is 16.7 Å². The van der Waals surface area contributed by atoms with Gasteiger partial charge in [-0.25, -0.2) is 9.59 Å². The number of hydrogen-bond acceptors (Lipinski definition) is 14. The third kappa shape index (κ3) is 7.73. The predicted octanol–water partition coefficient (Wildman–Crippen LogP) is 4.39. The number of ether oxygens (including phenoxy) is 5. The van der Waals surface area contributed by atoms with E-state index < -0.39 is 113 Å². The Labute approximate surface area is 368 Å². The Kier molecular flexibility index (Phi) is 12.2. The van der Waals surface area contributed by atoms with Crippen LogP contribution in [-0.2, 0) is 42.9 Å². The summed E-state index contributed by atoms with van der Waals surface area (Å²) in [6.45, 7) is 7.91. The van der Waals surface area contributed by atoms with Gasteiger partial charge in [0, 0.05) is 42.7 Å². The third-order valence-electron chi connectivity index (χ3n) is 13.5. The second-order valence-corrected chi connectivity index (χ2v) is 17.9. The first kappa shape index (κ1) is 45.6. The van der Waals surface area contributed by atoms with Crippen molar-refractivity contribution in [3.63, 3.8) is 0 Å². The highest BCUT2D eigenvalue weighted by Crippen LogP contribution is 2.64. The van der Waals surface area contributed by atoms with Crippen LogP contribution in [0.25, 0.3) is 0 Å². The monoisotopic (exact) mass is 887 g/mol. The number of fused-ring (bicyclic) bond motifs is 5. The van der Waals surface area contributed by atoms with E-state index in [1.54, 1.807) is 80.6 Å². The van der Waals surface area contributed by atoms with Crippen molar-refractivity contribution in [2.75, 3.05) is 6.61 Å². The van der Waals surface area contributed by atoms with E-state index in [-0.39, 0.29) is 45.9 Å². The molecule has 0 spiro atoms. The number of carbonyl (C=O) groups excluding carboxylic acids is 6. The fourth-order valence-corrected chi connectivity index (χ4v) is 10.4. The molecule has 1 heterocycles. The first-order valence-corrected chi connectivity index (χ1v) is 21.0. The normalized spacial score (nSPS) is 31.6. The van der Waals surface area contributed by atoms with Crippen LogP contribution in [0.3, 0.4) is 0 Å². The van der Waals surface area contributed by atoms with Gasteiger partial charge < -0.3 is 44.3 Å². The summed E-state index contributed by atoms with van der Waals surface area (Å²) in [6, 6.07) is 20.6. The number of ketones is 1. The van der Waals surface area contributed by atoms with E-state index >= 15 is 4.79 Å². The molecule has 5 unspecified atom stereocenters. The number of halogens is 1. The van der Waals surface area contributed by atoms with Crippen LogP contribution in [0.5, 0.6) is 0 Å². The molecule has 7 rings (SSSR count). The number of benzene rings is 3. The quantitative estimate of drug-likeness (QED) is 0.126. The highest BCUT2D eigenvalue weighted by molar-refractivity contribution is 6.30. The van der Waals surface area contributed by atoms with Crippen molar-refractivity contribution in [1.29, 1.82) is 0 Å². The zero-order chi connectivity index (χ0) is 45.8. The lowest BCUT2D eigenvalue weighted by molar-refractivity contribution is -0.346. The van der Waals surface area contributed by atoms with E-state index in [0.29, 0.717) is 0 Å². The van der Waals surface area contributed by atoms with Crippen LogP contribution in [-0.4, -0.2) is 105 Å². The maximum atomic E-state index is 15.5. The Morgan fingerprint density at radius 3 is 2.08 bits per heavy atom. The number of esters is 4. The SMILES string of the molecule is CC(=O)O[C@H]1C(=O)[C@@]2(C)C(C(OC(=O)c3ccccc3)[C@]3(O)CC(OC(=O)C(O)C(NC(=O)c4ccccc4)c4cccc(Cl)c4)C(C)=C1C3(C)C)[C@]1(OC(C)=O)CO[C@@H]1C[C@@H]2O. The number of aliphatic hydroxyl groups excluding tert-OH is 2. The first-order valence-electron chi connectivity index (χ1n) is 20.6. The van der Waals surface area contributed by atoms with Gasteiger partial charge in [0.2, 0.25) is 0 Å². The van der Waals surface area contributed by atoms with Gasteiger partial charge >= 0.3 is 23.9 Å². The van der Waals surface area contributed by atoms with Gasteiger partial charge in [0.25, 0.3) is 5.91 Å². The van der Waals surface area contributed by atoms with Gasteiger partial charge in [-0.2, -0.15) is 0 Å². The van der Waals surface area contributed by atoms with Gasteiger partial charge in [0.15, 0.2) is 23.6 Å². The fraction of sp³-hybridized carbons (Fsp3) is 0.447.